The van der Waals surface area contributed by atoms with Crippen molar-refractivity contribution in [2.45, 2.75) is 70.3 Å². The first-order chi connectivity index (χ1) is 16.6. The maximum absolute atomic E-state index is 12.2. The van der Waals surface area contributed by atoms with E-state index in [2.05, 4.69) is 34.5 Å². The third-order valence-corrected chi connectivity index (χ3v) is 6.87. The van der Waals surface area contributed by atoms with Gasteiger partial charge in [-0.3, -0.25) is 4.79 Å². The van der Waals surface area contributed by atoms with Crippen LogP contribution in [0.1, 0.15) is 62.5 Å². The van der Waals surface area contributed by atoms with Crippen LogP contribution in [-0.4, -0.2) is 42.8 Å². The van der Waals surface area contributed by atoms with Gasteiger partial charge in [-0.25, -0.2) is 0 Å². The van der Waals surface area contributed by atoms with Gasteiger partial charge in [0.2, 0.25) is 5.91 Å². The Kier molecular flexibility index (Phi) is 11.3. The summed E-state index contributed by atoms with van der Waals surface area (Å²) in [7, 11) is 0. The third-order valence-electron chi connectivity index (χ3n) is 6.87. The van der Waals surface area contributed by atoms with Crippen LogP contribution in [0.2, 0.25) is 0 Å². The topological polar surface area (TPSA) is 75.4 Å². The second kappa shape index (κ2) is 14.7. The summed E-state index contributed by atoms with van der Waals surface area (Å²) in [4.78, 5) is 25.0. The minimum atomic E-state index is 0.0806. The van der Waals surface area contributed by atoms with Gasteiger partial charge in [-0.1, -0.05) is 48.9 Å². The largest absolute Gasteiger partial charge is 0.328 e. The average Bonchev–Trinajstić information content (AvgIpc) is 2.89. The molecule has 0 aromatic heterocycles. The predicted octanol–water partition coefficient (Wildman–Crippen LogP) is 4.99. The maximum Gasteiger partial charge on any atom is 0.224 e. The molecule has 34 heavy (non-hydrogen) atoms. The fraction of sp³-hybridized carbons (Fsp3) is 0.517. The Morgan fingerprint density at radius 3 is 2.32 bits per heavy atom. The van der Waals surface area contributed by atoms with E-state index < -0.39 is 0 Å². The number of nitrogens with one attached hydrogen (secondary N) is 1. The minimum Gasteiger partial charge on any atom is -0.328 e. The molecule has 184 valence electrons. The summed E-state index contributed by atoms with van der Waals surface area (Å²) in [6, 6.07) is 18.8. The SMILES string of the molecule is NC1CCC(C=O)CC1.O=C(CCc1ccccc1)Nc1cccc(CCN2CCCCC2)c1. The summed E-state index contributed by atoms with van der Waals surface area (Å²) in [5.41, 5.74) is 9.05. The predicted molar refractivity (Wildman–Crippen MR) is 140 cm³/mol. The number of nitrogens with two attached hydrogens (primary N) is 1. The number of carbonyl (C=O) groups is 2. The van der Waals surface area contributed by atoms with E-state index in [0.29, 0.717) is 18.4 Å². The van der Waals surface area contributed by atoms with Crippen LogP contribution in [0.4, 0.5) is 5.69 Å². The van der Waals surface area contributed by atoms with Crippen molar-refractivity contribution < 1.29 is 9.59 Å². The fourth-order valence-electron chi connectivity index (χ4n) is 4.68. The lowest BCUT2D eigenvalue weighted by molar-refractivity contribution is -0.116. The fourth-order valence-corrected chi connectivity index (χ4v) is 4.68. The Hall–Kier alpha value is -2.50. The summed E-state index contributed by atoms with van der Waals surface area (Å²) in [6.07, 6.45) is 11.5. The Labute approximate surface area is 205 Å². The van der Waals surface area contributed by atoms with Crippen molar-refractivity contribution in [1.82, 2.24) is 4.90 Å². The molecule has 1 heterocycles. The van der Waals surface area contributed by atoms with E-state index in [1.54, 1.807) is 0 Å². The van der Waals surface area contributed by atoms with Crippen molar-refractivity contribution in [3.63, 3.8) is 0 Å². The monoisotopic (exact) mass is 463 g/mol. The maximum atomic E-state index is 12.2. The van der Waals surface area contributed by atoms with Crippen molar-refractivity contribution in [2.75, 3.05) is 25.0 Å². The molecule has 1 saturated carbocycles. The number of aryl methyl sites for hydroxylation is 1. The van der Waals surface area contributed by atoms with Gasteiger partial charge in [0.1, 0.15) is 6.29 Å². The van der Waals surface area contributed by atoms with Crippen LogP contribution in [0.3, 0.4) is 0 Å². The molecule has 0 bridgehead atoms. The van der Waals surface area contributed by atoms with E-state index in [1.165, 1.54) is 43.5 Å². The number of carbonyl (C=O) groups excluding carboxylic acids is 2. The molecule has 2 aromatic rings. The number of aldehydes is 1. The lowest BCUT2D eigenvalue weighted by Crippen LogP contribution is -2.31. The third kappa shape index (κ3) is 9.78. The normalized spacial score (nSPS) is 20.6. The zero-order valence-electron chi connectivity index (χ0n) is 20.5. The van der Waals surface area contributed by atoms with Crippen molar-refractivity contribution >= 4 is 17.9 Å². The summed E-state index contributed by atoms with van der Waals surface area (Å²) < 4.78 is 0. The van der Waals surface area contributed by atoms with Gasteiger partial charge < -0.3 is 20.7 Å². The molecule has 0 radical (unpaired) electrons. The smallest absolute Gasteiger partial charge is 0.224 e. The molecular formula is C29H41N3O2. The van der Waals surface area contributed by atoms with Crippen molar-refractivity contribution in [3.8, 4) is 0 Å². The van der Waals surface area contributed by atoms with Gasteiger partial charge >= 0.3 is 0 Å². The highest BCUT2D eigenvalue weighted by atomic mass is 16.1. The van der Waals surface area contributed by atoms with Gasteiger partial charge in [-0.05, 0) is 87.7 Å². The molecule has 3 N–H and O–H groups in total. The van der Waals surface area contributed by atoms with E-state index in [4.69, 9.17) is 5.73 Å². The molecule has 2 aliphatic rings. The van der Waals surface area contributed by atoms with Crippen LogP contribution in [0.15, 0.2) is 54.6 Å². The van der Waals surface area contributed by atoms with Gasteiger partial charge in [0.25, 0.3) is 0 Å². The second-order valence-electron chi connectivity index (χ2n) is 9.70. The summed E-state index contributed by atoms with van der Waals surface area (Å²) >= 11 is 0. The quantitative estimate of drug-likeness (QED) is 0.541. The Morgan fingerprint density at radius 2 is 1.62 bits per heavy atom. The molecular weight excluding hydrogens is 422 g/mol. The zero-order chi connectivity index (χ0) is 24.0. The van der Waals surface area contributed by atoms with Crippen LogP contribution in [-0.2, 0) is 22.4 Å². The first-order valence-electron chi connectivity index (χ1n) is 13.0. The van der Waals surface area contributed by atoms with E-state index in [-0.39, 0.29) is 5.91 Å². The molecule has 2 aromatic carbocycles. The Balaban J connectivity index is 0.000000302. The number of amides is 1. The van der Waals surface area contributed by atoms with E-state index >= 15 is 0 Å². The number of rotatable bonds is 8. The van der Waals surface area contributed by atoms with Crippen molar-refractivity contribution in [1.29, 1.82) is 0 Å². The first-order valence-corrected chi connectivity index (χ1v) is 13.0. The molecule has 1 saturated heterocycles. The van der Waals surface area contributed by atoms with Crippen molar-refractivity contribution in [2.24, 2.45) is 11.7 Å². The molecule has 5 nitrogen and oxygen atoms in total. The first kappa shape index (κ1) is 26.1. The standard InChI is InChI=1S/C22H28N2O.C7H13NO/c25-22(13-12-19-8-3-1-4-9-19)23-21-11-7-10-20(18-21)14-17-24-15-5-2-6-16-24;8-7-3-1-6(5-9)2-4-7/h1,3-4,7-11,18H,2,5-6,12-17H2,(H,23,25);5-7H,1-4,8H2. The second-order valence-corrected chi connectivity index (χ2v) is 9.70. The van der Waals surface area contributed by atoms with Crippen molar-refractivity contribution in [3.05, 3.63) is 65.7 Å². The average molecular weight is 464 g/mol. The number of likely N-dealkylation sites (tertiary alicyclic amines) is 1. The van der Waals surface area contributed by atoms with Gasteiger partial charge in [0.05, 0.1) is 0 Å². The molecule has 5 heteroatoms. The summed E-state index contributed by atoms with van der Waals surface area (Å²) in [6.45, 7) is 3.58. The number of anilines is 1. The highest BCUT2D eigenvalue weighted by Crippen LogP contribution is 2.20. The van der Waals surface area contributed by atoms with Crippen LogP contribution in [0.5, 0.6) is 0 Å². The van der Waals surface area contributed by atoms with Gasteiger partial charge in [-0.15, -0.1) is 0 Å². The number of nitrogens with zero attached hydrogens (tertiary/aromatic N) is 1. The van der Waals surface area contributed by atoms with Crippen LogP contribution < -0.4 is 11.1 Å². The Bertz CT molecular complexity index is 857. The molecule has 1 aliphatic heterocycles. The number of piperidine rings is 1. The molecule has 0 unspecified atom stereocenters. The van der Waals surface area contributed by atoms with Crippen LogP contribution >= 0.6 is 0 Å². The zero-order valence-corrected chi connectivity index (χ0v) is 20.5. The van der Waals surface area contributed by atoms with E-state index in [9.17, 15) is 9.59 Å². The summed E-state index contributed by atoms with van der Waals surface area (Å²) in [5.74, 6) is 0.391. The number of benzene rings is 2. The van der Waals surface area contributed by atoms with E-state index in [1.807, 2.05) is 30.3 Å². The van der Waals surface area contributed by atoms with E-state index in [0.717, 1.165) is 57.0 Å². The molecule has 0 atom stereocenters. The minimum absolute atomic E-state index is 0.0806. The molecule has 2 fully saturated rings. The lowest BCUT2D eigenvalue weighted by Gasteiger charge is -2.26. The van der Waals surface area contributed by atoms with Crippen LogP contribution in [0.25, 0.3) is 0 Å². The van der Waals surface area contributed by atoms with Gasteiger partial charge in [0, 0.05) is 30.6 Å². The molecule has 0 spiro atoms. The molecule has 4 rings (SSSR count). The highest BCUT2D eigenvalue weighted by molar-refractivity contribution is 5.90. The van der Waals surface area contributed by atoms with Gasteiger partial charge in [-0.2, -0.15) is 0 Å². The van der Waals surface area contributed by atoms with Crippen LogP contribution in [0, 0.1) is 5.92 Å². The number of hydrogen-bond acceptors (Lipinski definition) is 4. The summed E-state index contributed by atoms with van der Waals surface area (Å²) in [5, 5.41) is 3.04. The lowest BCUT2D eigenvalue weighted by atomic mass is 9.88. The molecule has 1 aliphatic carbocycles. The highest BCUT2D eigenvalue weighted by Gasteiger charge is 2.17. The number of hydrogen-bond donors (Lipinski definition) is 2. The Morgan fingerprint density at radius 1 is 0.912 bits per heavy atom. The van der Waals surface area contributed by atoms with Gasteiger partial charge in [0.15, 0.2) is 0 Å². The molecule has 1 amide bonds.